The second-order valence-electron chi connectivity index (χ2n) is 8.36. The van der Waals surface area contributed by atoms with Crippen LogP contribution in [0.3, 0.4) is 0 Å². The number of rotatable bonds is 4. The van der Waals surface area contributed by atoms with Gasteiger partial charge in [0.25, 0.3) is 11.8 Å². The molecule has 9 heteroatoms. The molecule has 5 rings (SSSR count). The van der Waals surface area contributed by atoms with Gasteiger partial charge >= 0.3 is 0 Å². The van der Waals surface area contributed by atoms with Crippen LogP contribution in [-0.2, 0) is 0 Å². The van der Waals surface area contributed by atoms with Gasteiger partial charge in [-0.25, -0.2) is 4.52 Å². The molecule has 1 aliphatic rings. The predicted octanol–water partition coefficient (Wildman–Crippen LogP) is 2.56. The van der Waals surface area contributed by atoms with Crippen LogP contribution in [0.15, 0.2) is 42.9 Å². The molecule has 0 radical (unpaired) electrons. The average Bonchev–Trinajstić information content (AvgIpc) is 3.47. The van der Waals surface area contributed by atoms with Crippen LogP contribution in [0.4, 0.5) is 0 Å². The highest BCUT2D eigenvalue weighted by Gasteiger charge is 2.28. The van der Waals surface area contributed by atoms with Gasteiger partial charge < -0.3 is 24.5 Å². The number of β-amino-alcohol motifs (C(OH)–C–C–N with tert-alkyl or cyclic N) is 1. The largest absolute Gasteiger partial charge is 0.455 e. The Balaban J connectivity index is 1.50. The molecule has 0 spiro atoms. The Bertz CT molecular complexity index is 1400. The van der Waals surface area contributed by atoms with Crippen molar-refractivity contribution in [3.8, 4) is 11.5 Å². The van der Waals surface area contributed by atoms with Gasteiger partial charge in [0.05, 0.1) is 17.9 Å². The number of amides is 2. The van der Waals surface area contributed by atoms with Crippen molar-refractivity contribution < 1.29 is 19.4 Å². The summed E-state index contributed by atoms with van der Waals surface area (Å²) >= 11 is 0. The zero-order chi connectivity index (χ0) is 23.3. The first-order valence-corrected chi connectivity index (χ1v) is 10.8. The van der Waals surface area contributed by atoms with Crippen molar-refractivity contribution in [3.05, 3.63) is 65.2 Å². The molecular weight excluding hydrogens is 422 g/mol. The van der Waals surface area contributed by atoms with Crippen LogP contribution < -0.4 is 10.1 Å². The topological polar surface area (TPSA) is 101 Å². The first kappa shape index (κ1) is 21.0. The summed E-state index contributed by atoms with van der Waals surface area (Å²) in [5, 5.41) is 16.8. The van der Waals surface area contributed by atoms with E-state index in [-0.39, 0.29) is 11.8 Å². The predicted molar refractivity (Wildman–Crippen MR) is 122 cm³/mol. The first-order chi connectivity index (χ1) is 15.9. The van der Waals surface area contributed by atoms with Crippen LogP contribution in [0, 0.1) is 13.8 Å². The molecule has 9 nitrogen and oxygen atoms in total. The third-order valence-corrected chi connectivity index (χ3v) is 6.18. The van der Waals surface area contributed by atoms with Gasteiger partial charge in [-0.05, 0) is 43.5 Å². The van der Waals surface area contributed by atoms with Crippen LogP contribution in [0.25, 0.3) is 11.0 Å². The number of nitrogens with zero attached hydrogens (tertiary/aromatic N) is 4. The summed E-state index contributed by atoms with van der Waals surface area (Å²) in [6, 6.07) is 7.36. The molecule has 1 aliphatic heterocycles. The summed E-state index contributed by atoms with van der Waals surface area (Å²) in [6.07, 6.45) is 5.26. The minimum atomic E-state index is -0.472. The number of hydrogen-bond donors (Lipinski definition) is 2. The third kappa shape index (κ3) is 3.50. The van der Waals surface area contributed by atoms with Crippen molar-refractivity contribution in [2.75, 3.05) is 20.1 Å². The highest BCUT2D eigenvalue weighted by Crippen LogP contribution is 2.32. The van der Waals surface area contributed by atoms with E-state index in [1.165, 1.54) is 0 Å². The van der Waals surface area contributed by atoms with Crippen LogP contribution in [-0.4, -0.2) is 62.1 Å². The number of aryl methyl sites for hydroxylation is 2. The van der Waals surface area contributed by atoms with E-state index in [2.05, 4.69) is 10.4 Å². The highest BCUT2D eigenvalue weighted by molar-refractivity contribution is 5.98. The monoisotopic (exact) mass is 447 g/mol. The summed E-state index contributed by atoms with van der Waals surface area (Å²) in [5.74, 6) is 0.908. The van der Waals surface area contributed by atoms with Crippen molar-refractivity contribution in [3.63, 3.8) is 0 Å². The van der Waals surface area contributed by atoms with E-state index < -0.39 is 6.10 Å². The second kappa shape index (κ2) is 7.93. The molecule has 1 fully saturated rings. The van der Waals surface area contributed by atoms with Gasteiger partial charge in [-0.15, -0.1) is 0 Å². The highest BCUT2D eigenvalue weighted by atomic mass is 16.5. The molecule has 4 aromatic rings. The van der Waals surface area contributed by atoms with Gasteiger partial charge in [0.15, 0.2) is 5.75 Å². The maximum atomic E-state index is 13.0. The lowest BCUT2D eigenvalue weighted by Gasteiger charge is -2.15. The molecule has 0 saturated carbocycles. The lowest BCUT2D eigenvalue weighted by molar-refractivity contribution is 0.0764. The molecule has 1 atom stereocenters. The van der Waals surface area contributed by atoms with Crippen molar-refractivity contribution in [2.24, 2.45) is 0 Å². The van der Waals surface area contributed by atoms with Crippen molar-refractivity contribution in [1.29, 1.82) is 0 Å². The van der Waals surface area contributed by atoms with E-state index in [0.29, 0.717) is 47.8 Å². The summed E-state index contributed by atoms with van der Waals surface area (Å²) in [6.45, 7) is 4.65. The Morgan fingerprint density at radius 3 is 2.79 bits per heavy atom. The zero-order valence-corrected chi connectivity index (χ0v) is 18.7. The Morgan fingerprint density at radius 1 is 1.24 bits per heavy atom. The summed E-state index contributed by atoms with van der Waals surface area (Å²) in [5.41, 5.74) is 4.31. The van der Waals surface area contributed by atoms with E-state index in [0.717, 1.165) is 16.6 Å². The fourth-order valence-corrected chi connectivity index (χ4v) is 4.51. The fourth-order valence-electron chi connectivity index (χ4n) is 4.51. The molecule has 170 valence electrons. The van der Waals surface area contributed by atoms with Crippen LogP contribution in [0.2, 0.25) is 0 Å². The van der Waals surface area contributed by atoms with Crippen LogP contribution >= 0.6 is 0 Å². The fraction of sp³-hybridized carbons (Fsp3) is 0.292. The lowest BCUT2D eigenvalue weighted by Crippen LogP contribution is -2.29. The first-order valence-electron chi connectivity index (χ1n) is 10.8. The molecule has 1 unspecified atom stereocenters. The van der Waals surface area contributed by atoms with Crippen molar-refractivity contribution in [1.82, 2.24) is 24.2 Å². The van der Waals surface area contributed by atoms with E-state index >= 15 is 0 Å². The number of hydrogen-bond acceptors (Lipinski definition) is 5. The standard InChI is InChI=1S/C24H25N5O4/c1-14-10-16-11-18(6-9-28(16)21(14)23(31)25-3)33-20-4-7-26-29-13-19(15(2)22(20)29)24(32)27-8-5-17(30)12-27/h4,6-7,9-11,13,17,30H,5,8,12H2,1-3H3,(H,25,31). The Labute approximate surface area is 190 Å². The summed E-state index contributed by atoms with van der Waals surface area (Å²) in [4.78, 5) is 26.9. The quantitative estimate of drug-likeness (QED) is 0.501. The van der Waals surface area contributed by atoms with E-state index in [1.54, 1.807) is 47.2 Å². The van der Waals surface area contributed by atoms with Gasteiger partial charge in [-0.2, -0.15) is 5.10 Å². The van der Waals surface area contributed by atoms with Gasteiger partial charge in [-0.3, -0.25) is 9.59 Å². The second-order valence-corrected chi connectivity index (χ2v) is 8.36. The van der Waals surface area contributed by atoms with Gasteiger partial charge in [0.1, 0.15) is 17.0 Å². The third-order valence-electron chi connectivity index (χ3n) is 6.18. The van der Waals surface area contributed by atoms with E-state index in [1.807, 2.05) is 30.4 Å². The van der Waals surface area contributed by atoms with Gasteiger partial charge in [0, 0.05) is 50.2 Å². The van der Waals surface area contributed by atoms with Crippen molar-refractivity contribution in [2.45, 2.75) is 26.4 Å². The van der Waals surface area contributed by atoms with Gasteiger partial charge in [-0.1, -0.05) is 0 Å². The van der Waals surface area contributed by atoms with E-state index in [4.69, 9.17) is 4.74 Å². The lowest BCUT2D eigenvalue weighted by atomic mass is 10.1. The Morgan fingerprint density at radius 2 is 2.06 bits per heavy atom. The average molecular weight is 447 g/mol. The number of aliphatic hydroxyl groups excluding tert-OH is 1. The normalized spacial score (nSPS) is 16.0. The smallest absolute Gasteiger partial charge is 0.268 e. The molecule has 5 heterocycles. The number of likely N-dealkylation sites (tertiary alicyclic amines) is 1. The summed E-state index contributed by atoms with van der Waals surface area (Å²) < 4.78 is 9.69. The van der Waals surface area contributed by atoms with E-state index in [9.17, 15) is 14.7 Å². The Hall–Kier alpha value is -3.85. The van der Waals surface area contributed by atoms with Crippen LogP contribution in [0.5, 0.6) is 11.5 Å². The number of aliphatic hydroxyl groups is 1. The molecule has 0 aliphatic carbocycles. The minimum absolute atomic E-state index is 0.118. The number of carbonyl (C=O) groups excluding carboxylic acids is 2. The number of pyridine rings is 1. The minimum Gasteiger partial charge on any atom is -0.455 e. The van der Waals surface area contributed by atoms with Crippen molar-refractivity contribution >= 4 is 22.8 Å². The number of carbonyl (C=O) groups is 2. The van der Waals surface area contributed by atoms with Crippen LogP contribution in [0.1, 0.15) is 38.4 Å². The Kier molecular flexibility index (Phi) is 5.05. The molecule has 0 bridgehead atoms. The zero-order valence-electron chi connectivity index (χ0n) is 18.7. The maximum absolute atomic E-state index is 13.0. The SMILES string of the molecule is CNC(=O)c1c(C)cc2cc(Oc3ccnn4cc(C(=O)N5CCC(O)C5)c(C)c34)ccn12. The number of aromatic nitrogens is 3. The molecule has 0 aromatic carbocycles. The number of fused-ring (bicyclic) bond motifs is 2. The number of ether oxygens (including phenoxy) is 1. The molecule has 33 heavy (non-hydrogen) atoms. The summed E-state index contributed by atoms with van der Waals surface area (Å²) in [7, 11) is 1.61. The molecule has 2 N–H and O–H groups in total. The number of nitrogens with one attached hydrogen (secondary N) is 1. The van der Waals surface area contributed by atoms with Gasteiger partial charge in [0.2, 0.25) is 0 Å². The molecule has 2 amide bonds. The molecule has 4 aromatic heterocycles. The molecular formula is C24H25N5O4. The molecule has 1 saturated heterocycles. The maximum Gasteiger partial charge on any atom is 0.268 e.